The van der Waals surface area contributed by atoms with Crippen molar-refractivity contribution in [2.75, 3.05) is 12.4 Å². The summed E-state index contributed by atoms with van der Waals surface area (Å²) < 4.78 is 5.58. The first kappa shape index (κ1) is 21.8. The van der Waals surface area contributed by atoms with Gasteiger partial charge >= 0.3 is 0 Å². The van der Waals surface area contributed by atoms with Gasteiger partial charge in [0.1, 0.15) is 11.4 Å². The molecule has 0 amide bonds. The Hall–Kier alpha value is -4.07. The van der Waals surface area contributed by atoms with Crippen molar-refractivity contribution in [1.82, 2.24) is 20.0 Å². The summed E-state index contributed by atoms with van der Waals surface area (Å²) in [5.41, 5.74) is 7.84. The van der Waals surface area contributed by atoms with Crippen LogP contribution in [0.2, 0.25) is 0 Å². The third-order valence-corrected chi connectivity index (χ3v) is 5.95. The number of anilines is 1. The van der Waals surface area contributed by atoms with E-state index in [1.54, 1.807) is 13.3 Å². The van der Waals surface area contributed by atoms with Crippen LogP contribution in [-0.4, -0.2) is 23.4 Å². The number of hydrogen-bond acceptors (Lipinski definition) is 6. The van der Waals surface area contributed by atoms with Crippen LogP contribution >= 0.6 is 0 Å². The number of nitrogens with zero attached hydrogens (tertiary/aromatic N) is 4. The lowest BCUT2D eigenvalue weighted by Crippen LogP contribution is -2.53. The first-order valence-corrected chi connectivity index (χ1v) is 11.2. The third kappa shape index (κ3) is 4.26. The zero-order valence-electron chi connectivity index (χ0n) is 19.2. The Kier molecular flexibility index (Phi) is 6.03. The fourth-order valence-corrected chi connectivity index (χ4v) is 4.10. The Morgan fingerprint density at radius 1 is 0.941 bits per heavy atom. The van der Waals surface area contributed by atoms with E-state index in [9.17, 15) is 0 Å². The zero-order chi connectivity index (χ0) is 23.4. The number of aliphatic imine (C=N–C) groups is 1. The molecule has 0 fully saturated rings. The van der Waals surface area contributed by atoms with Crippen molar-refractivity contribution >= 4 is 29.5 Å². The van der Waals surface area contributed by atoms with Crippen molar-refractivity contribution in [1.29, 1.82) is 0 Å². The standard InChI is InChI=1S/C27H27N6O/c1-20(22-10-4-3-5-11-22)31-27-28-16-15-26(32-27)33(19-29-24-13-6-7-14-25(24)33)30-18-21-9-8-12-23(17-21)34-2/h3-17,19-20,30H,18H2,1-2H3,(H,28,31,32)/q+1. The van der Waals surface area contributed by atoms with Gasteiger partial charge in [-0.05, 0) is 36.2 Å². The van der Waals surface area contributed by atoms with Gasteiger partial charge in [-0.2, -0.15) is 9.98 Å². The van der Waals surface area contributed by atoms with E-state index in [-0.39, 0.29) is 10.6 Å². The van der Waals surface area contributed by atoms with Gasteiger partial charge in [0.2, 0.25) is 12.3 Å². The molecule has 2 unspecified atom stereocenters. The SMILES string of the molecule is COc1cccc(CN[N+]2(c3ccnc(NC(C)c4ccccc4)n3)C=Nc3ccccc32)c1. The number of hydrogen-bond donors (Lipinski definition) is 2. The second-order valence-corrected chi connectivity index (χ2v) is 8.16. The Morgan fingerprint density at radius 3 is 2.62 bits per heavy atom. The van der Waals surface area contributed by atoms with Crippen molar-refractivity contribution < 1.29 is 4.74 Å². The molecular weight excluding hydrogens is 424 g/mol. The molecule has 0 aliphatic carbocycles. The molecule has 34 heavy (non-hydrogen) atoms. The van der Waals surface area contributed by atoms with Gasteiger partial charge in [0, 0.05) is 18.3 Å². The number of fused-ring (bicyclic) bond motifs is 1. The second kappa shape index (κ2) is 9.43. The van der Waals surface area contributed by atoms with Crippen molar-refractivity contribution in [3.63, 3.8) is 0 Å². The lowest BCUT2D eigenvalue weighted by atomic mass is 10.1. The van der Waals surface area contributed by atoms with Crippen molar-refractivity contribution in [3.05, 3.63) is 102 Å². The van der Waals surface area contributed by atoms with Gasteiger partial charge in [0.05, 0.1) is 19.7 Å². The summed E-state index contributed by atoms with van der Waals surface area (Å²) in [5, 5.41) is 3.43. The highest BCUT2D eigenvalue weighted by Crippen LogP contribution is 2.42. The summed E-state index contributed by atoms with van der Waals surface area (Å²) in [5.74, 6) is 2.16. The molecule has 2 N–H and O–H groups in total. The first-order valence-electron chi connectivity index (χ1n) is 11.2. The van der Waals surface area contributed by atoms with Gasteiger partial charge in [-0.25, -0.2) is 4.98 Å². The highest BCUT2D eigenvalue weighted by atomic mass is 16.5. The van der Waals surface area contributed by atoms with Crippen LogP contribution in [0.1, 0.15) is 24.1 Å². The van der Waals surface area contributed by atoms with Crippen LogP contribution in [0.4, 0.5) is 23.1 Å². The van der Waals surface area contributed by atoms with Crippen molar-refractivity contribution in [3.8, 4) is 5.75 Å². The number of ether oxygens (including phenoxy) is 1. The highest BCUT2D eigenvalue weighted by Gasteiger charge is 2.41. The minimum atomic E-state index is 0.0641. The van der Waals surface area contributed by atoms with Gasteiger partial charge in [0.15, 0.2) is 5.69 Å². The summed E-state index contributed by atoms with van der Waals surface area (Å²) in [7, 11) is 1.68. The van der Waals surface area contributed by atoms with E-state index in [1.807, 2.05) is 67.0 Å². The third-order valence-electron chi connectivity index (χ3n) is 5.95. The van der Waals surface area contributed by atoms with Gasteiger partial charge in [-0.15, -0.1) is 10.0 Å². The lowest BCUT2D eigenvalue weighted by molar-refractivity contribution is 0.404. The molecule has 0 radical (unpaired) electrons. The topological polar surface area (TPSA) is 71.4 Å². The van der Waals surface area contributed by atoms with E-state index < -0.39 is 0 Å². The summed E-state index contributed by atoms with van der Waals surface area (Å²) in [4.78, 5) is 14.1. The maximum Gasteiger partial charge on any atom is 0.263 e. The van der Waals surface area contributed by atoms with Gasteiger partial charge < -0.3 is 10.1 Å². The summed E-state index contributed by atoms with van der Waals surface area (Å²) >= 11 is 0. The smallest absolute Gasteiger partial charge is 0.263 e. The molecule has 4 aromatic rings. The average molecular weight is 452 g/mol. The van der Waals surface area contributed by atoms with Crippen molar-refractivity contribution in [2.24, 2.45) is 4.99 Å². The number of rotatable bonds is 8. The minimum Gasteiger partial charge on any atom is -0.497 e. The normalized spacial score (nSPS) is 17.2. The van der Waals surface area contributed by atoms with Crippen LogP contribution in [0.5, 0.6) is 5.75 Å². The fourth-order valence-electron chi connectivity index (χ4n) is 4.10. The van der Waals surface area contributed by atoms with Gasteiger partial charge in [-0.1, -0.05) is 54.6 Å². The summed E-state index contributed by atoms with van der Waals surface area (Å²) in [6, 6.07) is 28.4. The summed E-state index contributed by atoms with van der Waals surface area (Å²) in [6.07, 6.45) is 3.67. The number of methoxy groups -OCH3 is 1. The fraction of sp³-hybridized carbons (Fsp3) is 0.148. The Balaban J connectivity index is 1.48. The molecule has 2 heterocycles. The van der Waals surface area contributed by atoms with Gasteiger partial charge in [0.25, 0.3) is 5.82 Å². The molecule has 3 aromatic carbocycles. The average Bonchev–Trinajstić information content (AvgIpc) is 3.28. The van der Waals surface area contributed by atoms with E-state index in [0.717, 1.165) is 28.5 Å². The molecule has 1 aliphatic rings. The molecule has 7 heteroatoms. The molecule has 1 aromatic heterocycles. The van der Waals surface area contributed by atoms with Crippen LogP contribution in [0.25, 0.3) is 0 Å². The molecule has 0 spiro atoms. The number of benzene rings is 3. The molecule has 1 aliphatic heterocycles. The number of aromatic nitrogens is 2. The van der Waals surface area contributed by atoms with E-state index >= 15 is 0 Å². The predicted octanol–water partition coefficient (Wildman–Crippen LogP) is 5.68. The molecular formula is C27H27N6O+. The van der Waals surface area contributed by atoms with E-state index in [4.69, 9.17) is 14.7 Å². The molecule has 170 valence electrons. The van der Waals surface area contributed by atoms with Crippen molar-refractivity contribution in [2.45, 2.75) is 19.5 Å². The Morgan fingerprint density at radius 2 is 1.76 bits per heavy atom. The van der Waals surface area contributed by atoms with E-state index in [0.29, 0.717) is 12.5 Å². The summed E-state index contributed by atoms with van der Waals surface area (Å²) in [6.45, 7) is 2.69. The Bertz CT molecular complexity index is 1310. The predicted molar refractivity (Wildman–Crippen MR) is 136 cm³/mol. The lowest BCUT2D eigenvalue weighted by Gasteiger charge is -2.29. The van der Waals surface area contributed by atoms with Crippen LogP contribution in [0.15, 0.2) is 96.1 Å². The second-order valence-electron chi connectivity index (χ2n) is 8.16. The quantitative estimate of drug-likeness (QED) is 0.338. The van der Waals surface area contributed by atoms with Crippen LogP contribution in [0, 0.1) is 0 Å². The molecule has 0 bridgehead atoms. The first-order chi connectivity index (χ1) is 16.7. The van der Waals surface area contributed by atoms with Gasteiger partial charge in [-0.3, -0.25) is 0 Å². The maximum absolute atomic E-state index is 5.39. The van der Waals surface area contributed by atoms with Crippen LogP contribution in [0.3, 0.4) is 0 Å². The molecule has 0 saturated heterocycles. The number of para-hydroxylation sites is 2. The molecule has 5 rings (SSSR count). The minimum absolute atomic E-state index is 0.0641. The highest BCUT2D eigenvalue weighted by molar-refractivity contribution is 5.93. The van der Waals surface area contributed by atoms with E-state index in [1.165, 1.54) is 5.56 Å². The maximum atomic E-state index is 5.39. The number of nitrogens with one attached hydrogen (secondary N) is 2. The monoisotopic (exact) mass is 451 g/mol. The molecule has 2 atom stereocenters. The molecule has 7 nitrogen and oxygen atoms in total. The Labute approximate surface area is 199 Å². The van der Waals surface area contributed by atoms with Crippen LogP contribution in [-0.2, 0) is 6.54 Å². The largest absolute Gasteiger partial charge is 0.497 e. The zero-order valence-corrected chi connectivity index (χ0v) is 19.2. The molecule has 0 saturated carbocycles. The number of quaternary nitrogens is 1. The van der Waals surface area contributed by atoms with E-state index in [2.05, 4.69) is 46.9 Å². The van der Waals surface area contributed by atoms with Crippen LogP contribution < -0.4 is 20.1 Å².